The quantitative estimate of drug-likeness (QED) is 0.779. The number of piperidine rings is 1. The number of fused-ring (bicyclic) bond motifs is 1. The Labute approximate surface area is 174 Å². The fourth-order valence-corrected chi connectivity index (χ4v) is 4.48. The van der Waals surface area contributed by atoms with Crippen molar-refractivity contribution in [3.63, 3.8) is 0 Å². The molecule has 1 amide bonds. The maximum absolute atomic E-state index is 12.2. The zero-order valence-electron chi connectivity index (χ0n) is 16.5. The van der Waals surface area contributed by atoms with Crippen molar-refractivity contribution in [3.05, 3.63) is 48.0 Å². The second-order valence-electron chi connectivity index (χ2n) is 8.13. The van der Waals surface area contributed by atoms with E-state index in [-0.39, 0.29) is 24.4 Å². The Hall–Kier alpha value is -1.62. The molecule has 0 aliphatic carbocycles. The third-order valence-electron chi connectivity index (χ3n) is 6.08. The van der Waals surface area contributed by atoms with Crippen LogP contribution < -0.4 is 10.6 Å². The van der Waals surface area contributed by atoms with Crippen LogP contribution in [0.25, 0.3) is 10.8 Å². The van der Waals surface area contributed by atoms with Gasteiger partial charge in [-0.15, -0.1) is 12.4 Å². The molecule has 4 nitrogen and oxygen atoms in total. The Kier molecular flexibility index (Phi) is 7.72. The van der Waals surface area contributed by atoms with Gasteiger partial charge in [0.25, 0.3) is 0 Å². The van der Waals surface area contributed by atoms with Gasteiger partial charge in [-0.3, -0.25) is 4.79 Å². The highest BCUT2D eigenvalue weighted by Crippen LogP contribution is 2.19. The van der Waals surface area contributed by atoms with Crippen LogP contribution in [0.3, 0.4) is 0 Å². The third kappa shape index (κ3) is 5.47. The molecule has 2 fully saturated rings. The number of nitrogens with one attached hydrogen (secondary N) is 2. The molecule has 5 heteroatoms. The molecule has 0 spiro atoms. The fourth-order valence-electron chi connectivity index (χ4n) is 4.48. The molecule has 2 aromatic rings. The Morgan fingerprint density at radius 3 is 2.79 bits per heavy atom. The highest BCUT2D eigenvalue weighted by atomic mass is 35.5. The van der Waals surface area contributed by atoms with Crippen LogP contribution in [0.5, 0.6) is 0 Å². The van der Waals surface area contributed by atoms with Crippen LogP contribution in [0, 0.1) is 5.92 Å². The fraction of sp³-hybridized carbons (Fsp3) is 0.522. The molecule has 2 aromatic carbocycles. The van der Waals surface area contributed by atoms with E-state index in [2.05, 4.69) is 58.0 Å². The van der Waals surface area contributed by atoms with Gasteiger partial charge in [0.2, 0.25) is 5.91 Å². The first-order valence-corrected chi connectivity index (χ1v) is 10.5. The van der Waals surface area contributed by atoms with Crippen LogP contribution in [-0.4, -0.2) is 49.6 Å². The van der Waals surface area contributed by atoms with Gasteiger partial charge in [-0.1, -0.05) is 42.5 Å². The van der Waals surface area contributed by atoms with Gasteiger partial charge in [0.05, 0.1) is 6.04 Å². The second kappa shape index (κ2) is 10.2. The minimum absolute atomic E-state index is 0. The van der Waals surface area contributed by atoms with E-state index in [1.54, 1.807) is 0 Å². The van der Waals surface area contributed by atoms with Gasteiger partial charge in [-0.2, -0.15) is 0 Å². The molecule has 0 bridgehead atoms. The lowest BCUT2D eigenvalue weighted by Gasteiger charge is -2.33. The van der Waals surface area contributed by atoms with E-state index in [0.717, 1.165) is 45.4 Å². The van der Waals surface area contributed by atoms with Crippen LogP contribution in [0.2, 0.25) is 0 Å². The first-order chi connectivity index (χ1) is 13.3. The minimum Gasteiger partial charge on any atom is -0.354 e. The summed E-state index contributed by atoms with van der Waals surface area (Å²) < 4.78 is 0. The van der Waals surface area contributed by atoms with E-state index >= 15 is 0 Å². The number of rotatable bonds is 6. The second-order valence-corrected chi connectivity index (χ2v) is 8.13. The smallest absolute Gasteiger partial charge is 0.237 e. The van der Waals surface area contributed by atoms with E-state index in [9.17, 15) is 4.79 Å². The van der Waals surface area contributed by atoms with Crippen LogP contribution in [0.15, 0.2) is 42.5 Å². The Morgan fingerprint density at radius 2 is 1.96 bits per heavy atom. The van der Waals surface area contributed by atoms with Gasteiger partial charge < -0.3 is 15.5 Å². The average Bonchev–Trinajstić information content (AvgIpc) is 3.26. The molecule has 2 aliphatic heterocycles. The van der Waals surface area contributed by atoms with E-state index in [4.69, 9.17) is 0 Å². The highest BCUT2D eigenvalue weighted by Gasteiger charge is 2.24. The van der Waals surface area contributed by atoms with E-state index in [0.29, 0.717) is 5.92 Å². The number of hydrogen-bond donors (Lipinski definition) is 2. The zero-order valence-corrected chi connectivity index (χ0v) is 17.3. The number of amides is 1. The van der Waals surface area contributed by atoms with Crippen molar-refractivity contribution in [1.29, 1.82) is 0 Å². The molecule has 4 rings (SSSR count). The van der Waals surface area contributed by atoms with Crippen molar-refractivity contribution in [2.75, 3.05) is 32.7 Å². The Bertz CT molecular complexity index is 775. The molecule has 152 valence electrons. The molecule has 0 saturated carbocycles. The number of carbonyl (C=O) groups excluding carboxylic acids is 1. The maximum atomic E-state index is 12.2. The SMILES string of the molecule is Cl.O=C(NCC1CCCN(CCc2ccc3ccccc3c2)C1)C1CCCN1. The molecule has 2 unspecified atom stereocenters. The van der Waals surface area contributed by atoms with Crippen molar-refractivity contribution in [2.45, 2.75) is 38.1 Å². The van der Waals surface area contributed by atoms with Gasteiger partial charge >= 0.3 is 0 Å². The van der Waals surface area contributed by atoms with Crippen molar-refractivity contribution < 1.29 is 4.79 Å². The summed E-state index contributed by atoms with van der Waals surface area (Å²) >= 11 is 0. The number of likely N-dealkylation sites (tertiary alicyclic amines) is 1. The standard InChI is InChI=1S/C23H31N3O.ClH/c27-23(22-8-3-12-24-22)25-16-19-5-4-13-26(17-19)14-11-18-9-10-20-6-1-2-7-21(20)15-18;/h1-2,6-7,9-10,15,19,22,24H,3-5,8,11-14,16-17H2,(H,25,27);1H. The Balaban J connectivity index is 0.00000225. The van der Waals surface area contributed by atoms with Gasteiger partial charge in [0.1, 0.15) is 0 Å². The summed E-state index contributed by atoms with van der Waals surface area (Å²) in [7, 11) is 0. The highest BCUT2D eigenvalue weighted by molar-refractivity contribution is 5.85. The lowest BCUT2D eigenvalue weighted by Crippen LogP contribution is -2.45. The van der Waals surface area contributed by atoms with Crippen LogP contribution >= 0.6 is 12.4 Å². The summed E-state index contributed by atoms with van der Waals surface area (Å²) in [5.41, 5.74) is 1.41. The van der Waals surface area contributed by atoms with Gasteiger partial charge in [-0.05, 0) is 67.4 Å². The van der Waals surface area contributed by atoms with E-state index in [1.165, 1.54) is 35.7 Å². The summed E-state index contributed by atoms with van der Waals surface area (Å²) in [4.78, 5) is 14.8. The van der Waals surface area contributed by atoms with Crippen molar-refractivity contribution in [1.82, 2.24) is 15.5 Å². The normalized spacial score (nSPS) is 22.7. The van der Waals surface area contributed by atoms with Crippen LogP contribution in [0.4, 0.5) is 0 Å². The summed E-state index contributed by atoms with van der Waals surface area (Å²) in [6.07, 6.45) is 5.65. The average molecular weight is 402 g/mol. The first-order valence-electron chi connectivity index (χ1n) is 10.5. The molecule has 2 heterocycles. The third-order valence-corrected chi connectivity index (χ3v) is 6.08. The van der Waals surface area contributed by atoms with Crippen molar-refractivity contribution in [3.8, 4) is 0 Å². The van der Waals surface area contributed by atoms with E-state index < -0.39 is 0 Å². The van der Waals surface area contributed by atoms with Gasteiger partial charge in [-0.25, -0.2) is 0 Å². The van der Waals surface area contributed by atoms with Crippen molar-refractivity contribution >= 4 is 29.1 Å². The summed E-state index contributed by atoms with van der Waals surface area (Å²) in [5, 5.41) is 9.10. The molecule has 2 atom stereocenters. The summed E-state index contributed by atoms with van der Waals surface area (Å²) in [6.45, 7) is 5.19. The minimum atomic E-state index is 0. The maximum Gasteiger partial charge on any atom is 0.237 e. The van der Waals surface area contributed by atoms with Gasteiger partial charge in [0, 0.05) is 19.6 Å². The topological polar surface area (TPSA) is 44.4 Å². The number of hydrogen-bond acceptors (Lipinski definition) is 3. The lowest BCUT2D eigenvalue weighted by atomic mass is 9.97. The van der Waals surface area contributed by atoms with Gasteiger partial charge in [0.15, 0.2) is 0 Å². The molecule has 2 N–H and O–H groups in total. The zero-order chi connectivity index (χ0) is 18.5. The summed E-state index contributed by atoms with van der Waals surface area (Å²) in [6, 6.07) is 15.4. The molecule has 2 aliphatic rings. The molecule has 28 heavy (non-hydrogen) atoms. The van der Waals surface area contributed by atoms with E-state index in [1.807, 2.05) is 0 Å². The monoisotopic (exact) mass is 401 g/mol. The van der Waals surface area contributed by atoms with Crippen molar-refractivity contribution in [2.24, 2.45) is 5.92 Å². The number of halogens is 1. The summed E-state index contributed by atoms with van der Waals surface area (Å²) in [5.74, 6) is 0.779. The van der Waals surface area contributed by atoms with Crippen LogP contribution in [0.1, 0.15) is 31.2 Å². The molecule has 0 aromatic heterocycles. The molecule has 0 radical (unpaired) electrons. The van der Waals surface area contributed by atoms with Crippen LogP contribution in [-0.2, 0) is 11.2 Å². The number of nitrogens with zero attached hydrogens (tertiary/aromatic N) is 1. The predicted molar refractivity (Wildman–Crippen MR) is 118 cm³/mol. The Morgan fingerprint density at radius 1 is 1.11 bits per heavy atom. The molecular weight excluding hydrogens is 370 g/mol. The lowest BCUT2D eigenvalue weighted by molar-refractivity contribution is -0.123. The first kappa shape index (κ1) is 21.1. The number of benzene rings is 2. The largest absolute Gasteiger partial charge is 0.354 e. The number of carbonyl (C=O) groups is 1. The predicted octanol–water partition coefficient (Wildman–Crippen LogP) is 3.38. The molecular formula is C23H32ClN3O. The molecule has 2 saturated heterocycles.